The molecule has 1 saturated heterocycles. The zero-order valence-corrected chi connectivity index (χ0v) is 16.9. The quantitative estimate of drug-likeness (QED) is 0.838. The lowest BCUT2D eigenvalue weighted by molar-refractivity contribution is -0.135. The van der Waals surface area contributed by atoms with Gasteiger partial charge in [0.2, 0.25) is 5.91 Å². The van der Waals surface area contributed by atoms with E-state index in [1.54, 1.807) is 24.5 Å². The van der Waals surface area contributed by atoms with Crippen molar-refractivity contribution in [2.24, 2.45) is 5.92 Å². The smallest absolute Gasteiger partial charge is 0.234 e. The van der Waals surface area contributed by atoms with Crippen LogP contribution in [0, 0.1) is 22.7 Å². The molecule has 3 rings (SSSR count). The highest BCUT2D eigenvalue weighted by Gasteiger charge is 2.47. The molecule has 0 aliphatic carbocycles. The second-order valence-electron chi connectivity index (χ2n) is 7.03. The number of carbonyl (C=O) groups is 1. The Hall–Kier alpha value is -2.65. The summed E-state index contributed by atoms with van der Waals surface area (Å²) in [5, 5.41) is 20.7. The first-order chi connectivity index (χ1) is 12.8. The molecule has 2 N–H and O–H groups in total. The van der Waals surface area contributed by atoms with Crippen LogP contribution in [-0.4, -0.2) is 23.8 Å². The summed E-state index contributed by atoms with van der Waals surface area (Å²) in [5.74, 6) is -0.131. The average Bonchev–Trinajstić information content (AvgIpc) is 3.12. The Morgan fingerprint density at radius 2 is 2.11 bits per heavy atom. The van der Waals surface area contributed by atoms with Crippen LogP contribution in [0.1, 0.15) is 42.5 Å². The minimum atomic E-state index is -0.616. The number of nitrogens with zero attached hydrogens (tertiary/aromatic N) is 2. The van der Waals surface area contributed by atoms with Crippen molar-refractivity contribution in [1.82, 2.24) is 10.2 Å². The Morgan fingerprint density at radius 3 is 2.74 bits per heavy atom. The van der Waals surface area contributed by atoms with Crippen LogP contribution in [0.5, 0.6) is 0 Å². The number of nitrogens with one attached hydrogen (secondary N) is 2. The zero-order chi connectivity index (χ0) is 19.8. The molecular weight excluding hydrogens is 356 g/mol. The van der Waals surface area contributed by atoms with Gasteiger partial charge in [0.05, 0.1) is 23.1 Å². The largest absolute Gasteiger partial charge is 0.345 e. The molecule has 1 fully saturated rings. The molecule has 0 spiro atoms. The topological polar surface area (TPSA) is 80.0 Å². The van der Waals surface area contributed by atoms with Gasteiger partial charge < -0.3 is 5.32 Å². The van der Waals surface area contributed by atoms with E-state index in [2.05, 4.69) is 24.4 Å². The minimum absolute atomic E-state index is 0.0248. The van der Waals surface area contributed by atoms with Crippen molar-refractivity contribution in [1.29, 1.82) is 10.7 Å². The Balaban J connectivity index is 2.12. The molecular formula is C21H24N4OS. The summed E-state index contributed by atoms with van der Waals surface area (Å²) in [6.07, 6.45) is 1.56. The third-order valence-corrected chi connectivity index (χ3v) is 6.91. The number of benzene rings is 1. The number of aryl methyl sites for hydroxylation is 1. The van der Waals surface area contributed by atoms with Crippen LogP contribution in [0.4, 0.5) is 0 Å². The summed E-state index contributed by atoms with van der Waals surface area (Å²) in [5.41, 5.74) is 2.13. The summed E-state index contributed by atoms with van der Waals surface area (Å²) >= 11 is 1.68. The number of hydrogen-bond donors (Lipinski definition) is 2. The van der Waals surface area contributed by atoms with Gasteiger partial charge in [0, 0.05) is 16.8 Å². The van der Waals surface area contributed by atoms with E-state index in [1.807, 2.05) is 32.0 Å². The highest BCUT2D eigenvalue weighted by atomic mass is 32.1. The lowest BCUT2D eigenvalue weighted by Gasteiger charge is -2.44. The number of hydrogen-bond acceptors (Lipinski definition) is 4. The van der Waals surface area contributed by atoms with E-state index in [9.17, 15) is 10.1 Å². The Labute approximate surface area is 164 Å². The number of carbonyl (C=O) groups excluding carboxylic acids is 1. The molecule has 5 nitrogen and oxygen atoms in total. The summed E-state index contributed by atoms with van der Waals surface area (Å²) in [6.45, 7) is 6.14. The first-order valence-electron chi connectivity index (χ1n) is 9.13. The van der Waals surface area contributed by atoms with Gasteiger partial charge in [-0.05, 0) is 49.1 Å². The highest BCUT2D eigenvalue weighted by molar-refractivity contribution is 7.12. The molecule has 1 aliphatic heterocycles. The van der Waals surface area contributed by atoms with Crippen LogP contribution in [-0.2, 0) is 16.8 Å². The van der Waals surface area contributed by atoms with Gasteiger partial charge >= 0.3 is 0 Å². The van der Waals surface area contributed by atoms with Crippen molar-refractivity contribution < 1.29 is 4.79 Å². The maximum Gasteiger partial charge on any atom is 0.234 e. The molecule has 140 valence electrons. The highest BCUT2D eigenvalue weighted by Crippen LogP contribution is 2.43. The first-order valence-corrected chi connectivity index (χ1v) is 9.95. The van der Waals surface area contributed by atoms with Gasteiger partial charge in [-0.3, -0.25) is 15.1 Å². The fourth-order valence-corrected chi connectivity index (χ4v) is 5.05. The van der Waals surface area contributed by atoms with Crippen LogP contribution in [0.3, 0.4) is 0 Å². The number of guanidine groups is 1. The van der Waals surface area contributed by atoms with E-state index < -0.39 is 5.54 Å². The van der Waals surface area contributed by atoms with Crippen LogP contribution in [0.2, 0.25) is 0 Å². The normalized spacial score (nSPS) is 22.5. The van der Waals surface area contributed by atoms with Crippen molar-refractivity contribution in [2.75, 3.05) is 7.05 Å². The second-order valence-corrected chi connectivity index (χ2v) is 8.16. The maximum atomic E-state index is 12.8. The van der Waals surface area contributed by atoms with E-state index >= 15 is 0 Å². The minimum Gasteiger partial charge on any atom is -0.345 e. The van der Waals surface area contributed by atoms with E-state index in [-0.39, 0.29) is 17.8 Å². The van der Waals surface area contributed by atoms with Crippen molar-refractivity contribution >= 4 is 23.2 Å². The van der Waals surface area contributed by atoms with Crippen LogP contribution < -0.4 is 5.32 Å². The van der Waals surface area contributed by atoms with Crippen molar-refractivity contribution in [3.8, 4) is 17.2 Å². The van der Waals surface area contributed by atoms with Gasteiger partial charge in [-0.15, -0.1) is 11.3 Å². The van der Waals surface area contributed by atoms with Gasteiger partial charge in [0.25, 0.3) is 0 Å². The Morgan fingerprint density at radius 1 is 1.37 bits per heavy atom. The third kappa shape index (κ3) is 3.13. The molecule has 0 saturated carbocycles. The number of thiophene rings is 1. The van der Waals surface area contributed by atoms with Crippen LogP contribution >= 0.6 is 11.3 Å². The van der Waals surface area contributed by atoms with Gasteiger partial charge in [0.1, 0.15) is 0 Å². The molecule has 1 aromatic carbocycles. The van der Waals surface area contributed by atoms with E-state index in [0.29, 0.717) is 12.0 Å². The molecule has 1 amide bonds. The zero-order valence-electron chi connectivity index (χ0n) is 16.1. The van der Waals surface area contributed by atoms with Gasteiger partial charge in [0.15, 0.2) is 5.96 Å². The summed E-state index contributed by atoms with van der Waals surface area (Å²) < 4.78 is 0. The van der Waals surface area contributed by atoms with Crippen molar-refractivity contribution in [3.05, 3.63) is 45.6 Å². The number of nitriles is 1. The summed E-state index contributed by atoms with van der Waals surface area (Å²) in [7, 11) is 1.64. The van der Waals surface area contributed by atoms with E-state index in [1.165, 1.54) is 9.78 Å². The second kappa shape index (κ2) is 7.16. The SMILES string of the molecule is CCc1sc([C@@]2(C)NC(=N)N(C)C(=O)[C@H]2CC)cc1-c1cccc(C#N)c1. The van der Waals surface area contributed by atoms with E-state index in [4.69, 9.17) is 5.41 Å². The number of amides is 1. The summed E-state index contributed by atoms with van der Waals surface area (Å²) in [6, 6.07) is 11.9. The van der Waals surface area contributed by atoms with Crippen molar-refractivity contribution in [2.45, 2.75) is 39.2 Å². The van der Waals surface area contributed by atoms with Crippen LogP contribution in [0.15, 0.2) is 30.3 Å². The fraction of sp³-hybridized carbons (Fsp3) is 0.381. The Kier molecular flexibility index (Phi) is 5.07. The van der Waals surface area contributed by atoms with Gasteiger partial charge in [-0.2, -0.15) is 5.26 Å². The molecule has 1 aromatic heterocycles. The van der Waals surface area contributed by atoms with E-state index in [0.717, 1.165) is 22.4 Å². The lowest BCUT2D eigenvalue weighted by Crippen LogP contribution is -2.63. The third-order valence-electron chi connectivity index (χ3n) is 5.39. The summed E-state index contributed by atoms with van der Waals surface area (Å²) in [4.78, 5) is 16.4. The molecule has 27 heavy (non-hydrogen) atoms. The molecule has 2 heterocycles. The van der Waals surface area contributed by atoms with Gasteiger partial charge in [-0.1, -0.05) is 26.0 Å². The molecule has 2 atom stereocenters. The standard InChI is InChI=1S/C21H24N4OS/c1-5-16-19(26)25(4)20(23)24-21(16,3)18-11-15(17(6-2)27-18)14-9-7-8-13(10-14)12-22/h7-11,16H,5-6H2,1-4H3,(H2,23,24)/t16-,21+/m1/s1. The molecule has 0 radical (unpaired) electrons. The monoisotopic (exact) mass is 380 g/mol. The molecule has 0 bridgehead atoms. The Bertz CT molecular complexity index is 942. The lowest BCUT2D eigenvalue weighted by atomic mass is 9.79. The predicted molar refractivity (Wildman–Crippen MR) is 109 cm³/mol. The average molecular weight is 381 g/mol. The molecule has 0 unspecified atom stereocenters. The van der Waals surface area contributed by atoms with Gasteiger partial charge in [-0.25, -0.2) is 0 Å². The fourth-order valence-electron chi connectivity index (χ4n) is 3.77. The predicted octanol–water partition coefficient (Wildman–Crippen LogP) is 4.09. The molecule has 1 aliphatic rings. The maximum absolute atomic E-state index is 12.8. The number of rotatable bonds is 4. The molecule has 6 heteroatoms. The van der Waals surface area contributed by atoms with Crippen molar-refractivity contribution in [3.63, 3.8) is 0 Å². The molecule has 2 aromatic rings. The first kappa shape index (κ1) is 19.1. The van der Waals surface area contributed by atoms with Crippen LogP contribution in [0.25, 0.3) is 11.1 Å².